The Bertz CT molecular complexity index is 334. The summed E-state index contributed by atoms with van der Waals surface area (Å²) < 4.78 is 0. The van der Waals surface area contributed by atoms with Crippen molar-refractivity contribution in [1.82, 2.24) is 5.32 Å². The monoisotopic (exact) mass is 192 g/mol. The van der Waals surface area contributed by atoms with Gasteiger partial charge in [0.2, 0.25) is 0 Å². The van der Waals surface area contributed by atoms with E-state index in [0.29, 0.717) is 12.1 Å². The van der Waals surface area contributed by atoms with Crippen LogP contribution in [-0.2, 0) is 0 Å². The summed E-state index contributed by atoms with van der Waals surface area (Å²) in [6.45, 7) is 4.55. The fourth-order valence-corrected chi connectivity index (χ4v) is 1.35. The zero-order valence-corrected chi connectivity index (χ0v) is 8.85. The fraction of sp³-hybridized carbons (Fsp3) is 0.364. The number of benzene rings is 1. The molecule has 0 aliphatic rings. The number of amides is 1. The number of hydrogen-bond acceptors (Lipinski definition) is 2. The van der Waals surface area contributed by atoms with Crippen LogP contribution in [-0.4, -0.2) is 19.5 Å². The smallest absolute Gasteiger partial charge is 0.251 e. The van der Waals surface area contributed by atoms with Gasteiger partial charge in [0, 0.05) is 24.8 Å². The molecule has 0 fully saturated rings. The van der Waals surface area contributed by atoms with Crippen LogP contribution in [0, 0.1) is 6.92 Å². The largest absolute Gasteiger partial charge is 0.388 e. The maximum Gasteiger partial charge on any atom is 0.251 e. The third-order valence-electron chi connectivity index (χ3n) is 2.10. The van der Waals surface area contributed by atoms with Crippen LogP contribution in [0.15, 0.2) is 18.2 Å². The molecular formula is C11H16N2O. The zero-order chi connectivity index (χ0) is 10.6. The molecule has 0 heterocycles. The van der Waals surface area contributed by atoms with Crippen molar-refractivity contribution in [3.05, 3.63) is 29.3 Å². The van der Waals surface area contributed by atoms with E-state index in [4.69, 9.17) is 0 Å². The first-order valence-electron chi connectivity index (χ1n) is 4.75. The van der Waals surface area contributed by atoms with Gasteiger partial charge in [-0.1, -0.05) is 0 Å². The average molecular weight is 192 g/mol. The molecule has 0 radical (unpaired) electrons. The third kappa shape index (κ3) is 2.25. The first-order chi connectivity index (χ1) is 6.69. The molecule has 0 saturated carbocycles. The van der Waals surface area contributed by atoms with Crippen LogP contribution in [0.25, 0.3) is 0 Å². The lowest BCUT2D eigenvalue weighted by atomic mass is 10.1. The Hall–Kier alpha value is -1.51. The Labute approximate surface area is 84.5 Å². The Morgan fingerprint density at radius 2 is 2.14 bits per heavy atom. The number of aryl methyl sites for hydroxylation is 1. The van der Waals surface area contributed by atoms with Crippen LogP contribution in [0.1, 0.15) is 22.8 Å². The summed E-state index contributed by atoms with van der Waals surface area (Å²) in [6.07, 6.45) is 0. The summed E-state index contributed by atoms with van der Waals surface area (Å²) in [7, 11) is 1.87. The number of nitrogens with one attached hydrogen (secondary N) is 2. The molecule has 0 aliphatic carbocycles. The zero-order valence-electron chi connectivity index (χ0n) is 8.85. The molecule has 1 amide bonds. The van der Waals surface area contributed by atoms with Gasteiger partial charge in [0.15, 0.2) is 0 Å². The lowest BCUT2D eigenvalue weighted by Gasteiger charge is -2.07. The number of hydrogen-bond donors (Lipinski definition) is 2. The number of carbonyl (C=O) groups is 1. The van der Waals surface area contributed by atoms with Crippen LogP contribution in [0.3, 0.4) is 0 Å². The summed E-state index contributed by atoms with van der Waals surface area (Å²) in [4.78, 5) is 11.5. The van der Waals surface area contributed by atoms with E-state index in [-0.39, 0.29) is 5.91 Å². The van der Waals surface area contributed by atoms with E-state index in [9.17, 15) is 4.79 Å². The minimum absolute atomic E-state index is 0.0155. The summed E-state index contributed by atoms with van der Waals surface area (Å²) >= 11 is 0. The van der Waals surface area contributed by atoms with E-state index in [1.165, 1.54) is 0 Å². The van der Waals surface area contributed by atoms with Gasteiger partial charge in [-0.15, -0.1) is 0 Å². The van der Waals surface area contributed by atoms with Crippen molar-refractivity contribution < 1.29 is 4.79 Å². The molecule has 1 aromatic rings. The van der Waals surface area contributed by atoms with E-state index in [1.54, 1.807) is 0 Å². The second-order valence-corrected chi connectivity index (χ2v) is 3.14. The molecule has 3 nitrogen and oxygen atoms in total. The second-order valence-electron chi connectivity index (χ2n) is 3.14. The van der Waals surface area contributed by atoms with E-state index >= 15 is 0 Å². The highest BCUT2D eigenvalue weighted by Crippen LogP contribution is 2.15. The summed E-state index contributed by atoms with van der Waals surface area (Å²) in [5.74, 6) is -0.0155. The van der Waals surface area contributed by atoms with Crippen molar-refractivity contribution in [2.24, 2.45) is 0 Å². The van der Waals surface area contributed by atoms with E-state index in [2.05, 4.69) is 10.6 Å². The van der Waals surface area contributed by atoms with Crippen molar-refractivity contribution in [3.8, 4) is 0 Å². The van der Waals surface area contributed by atoms with Gasteiger partial charge in [-0.3, -0.25) is 4.79 Å². The summed E-state index contributed by atoms with van der Waals surface area (Å²) in [5.41, 5.74) is 2.85. The lowest BCUT2D eigenvalue weighted by Crippen LogP contribution is -2.22. The third-order valence-corrected chi connectivity index (χ3v) is 2.10. The van der Waals surface area contributed by atoms with E-state index in [1.807, 2.05) is 39.1 Å². The Kier molecular flexibility index (Phi) is 3.51. The Morgan fingerprint density at radius 1 is 1.43 bits per heavy atom. The standard InChI is InChI=1S/C11H16N2O/c1-4-13-11(14)9-5-6-10(12-3)8(2)7-9/h5-7,12H,4H2,1-3H3,(H,13,14). The van der Waals surface area contributed by atoms with Crippen molar-refractivity contribution in [2.45, 2.75) is 13.8 Å². The van der Waals surface area contributed by atoms with Crippen molar-refractivity contribution in [3.63, 3.8) is 0 Å². The van der Waals surface area contributed by atoms with Crippen LogP contribution in [0.2, 0.25) is 0 Å². The highest BCUT2D eigenvalue weighted by atomic mass is 16.1. The van der Waals surface area contributed by atoms with Gasteiger partial charge in [-0.05, 0) is 37.6 Å². The molecule has 0 atom stereocenters. The molecule has 3 heteroatoms. The Morgan fingerprint density at radius 3 is 2.64 bits per heavy atom. The molecule has 2 N–H and O–H groups in total. The maximum atomic E-state index is 11.5. The maximum absolute atomic E-state index is 11.5. The molecule has 1 rings (SSSR count). The topological polar surface area (TPSA) is 41.1 Å². The molecule has 14 heavy (non-hydrogen) atoms. The lowest BCUT2D eigenvalue weighted by molar-refractivity contribution is 0.0956. The predicted octanol–water partition coefficient (Wildman–Crippen LogP) is 1.79. The molecule has 0 saturated heterocycles. The molecule has 1 aromatic carbocycles. The molecular weight excluding hydrogens is 176 g/mol. The van der Waals surface area contributed by atoms with E-state index in [0.717, 1.165) is 11.3 Å². The minimum Gasteiger partial charge on any atom is -0.388 e. The van der Waals surface area contributed by atoms with Crippen molar-refractivity contribution in [1.29, 1.82) is 0 Å². The van der Waals surface area contributed by atoms with Gasteiger partial charge in [-0.25, -0.2) is 0 Å². The highest BCUT2D eigenvalue weighted by Gasteiger charge is 2.05. The van der Waals surface area contributed by atoms with Gasteiger partial charge in [0.25, 0.3) is 5.91 Å². The van der Waals surface area contributed by atoms with Crippen LogP contribution >= 0.6 is 0 Å². The summed E-state index contributed by atoms with van der Waals surface area (Å²) in [5, 5.41) is 5.83. The number of anilines is 1. The Balaban J connectivity index is 2.91. The minimum atomic E-state index is -0.0155. The predicted molar refractivity (Wildman–Crippen MR) is 58.7 cm³/mol. The van der Waals surface area contributed by atoms with Crippen LogP contribution < -0.4 is 10.6 Å². The number of rotatable bonds is 3. The summed E-state index contributed by atoms with van der Waals surface area (Å²) in [6, 6.07) is 5.63. The normalized spacial score (nSPS) is 9.64. The first-order valence-corrected chi connectivity index (χ1v) is 4.75. The SMILES string of the molecule is CCNC(=O)c1ccc(NC)c(C)c1. The van der Waals surface area contributed by atoms with Crippen molar-refractivity contribution in [2.75, 3.05) is 18.9 Å². The van der Waals surface area contributed by atoms with Crippen LogP contribution in [0.5, 0.6) is 0 Å². The van der Waals surface area contributed by atoms with E-state index < -0.39 is 0 Å². The quantitative estimate of drug-likeness (QED) is 0.766. The van der Waals surface area contributed by atoms with Gasteiger partial charge in [-0.2, -0.15) is 0 Å². The molecule has 0 aliphatic heterocycles. The molecule has 0 unspecified atom stereocenters. The molecule has 0 spiro atoms. The van der Waals surface area contributed by atoms with Crippen LogP contribution in [0.4, 0.5) is 5.69 Å². The fourth-order valence-electron chi connectivity index (χ4n) is 1.35. The second kappa shape index (κ2) is 4.65. The van der Waals surface area contributed by atoms with Gasteiger partial charge in [0.05, 0.1) is 0 Å². The van der Waals surface area contributed by atoms with Gasteiger partial charge < -0.3 is 10.6 Å². The molecule has 76 valence electrons. The number of carbonyl (C=O) groups excluding carboxylic acids is 1. The molecule has 0 aromatic heterocycles. The average Bonchev–Trinajstić information content (AvgIpc) is 2.18. The van der Waals surface area contributed by atoms with Gasteiger partial charge in [0.1, 0.15) is 0 Å². The van der Waals surface area contributed by atoms with Crippen molar-refractivity contribution >= 4 is 11.6 Å². The molecule has 0 bridgehead atoms. The van der Waals surface area contributed by atoms with Gasteiger partial charge >= 0.3 is 0 Å². The highest BCUT2D eigenvalue weighted by molar-refractivity contribution is 5.94. The first kappa shape index (κ1) is 10.6.